The molecule has 0 fully saturated rings. The molecule has 1 amide bonds. The molecule has 6 heteroatoms. The molecule has 0 aliphatic heterocycles. The molecule has 1 aromatic carbocycles. The number of hydrogen-bond donors (Lipinski definition) is 3. The molecule has 0 spiro atoms. The van der Waals surface area contributed by atoms with Gasteiger partial charge in [-0.05, 0) is 11.6 Å². The van der Waals surface area contributed by atoms with E-state index >= 15 is 0 Å². The first-order chi connectivity index (χ1) is 12.2. The quantitative estimate of drug-likeness (QED) is 0.531. The van der Waals surface area contributed by atoms with Gasteiger partial charge in [0.25, 0.3) is 0 Å². The van der Waals surface area contributed by atoms with Crippen LogP contribution in [-0.2, 0) is 14.4 Å². The zero-order valence-corrected chi connectivity index (χ0v) is 14.6. The number of benzene rings is 1. The molecule has 0 unspecified atom stereocenters. The van der Waals surface area contributed by atoms with Crippen molar-refractivity contribution in [1.82, 2.24) is 0 Å². The molecule has 4 N–H and O–H groups in total. The predicted octanol–water partition coefficient (Wildman–Crippen LogP) is 3.45. The van der Waals surface area contributed by atoms with E-state index in [2.05, 4.69) is 38.6 Å². The fourth-order valence-electron chi connectivity index (χ4n) is 0.847. The minimum Gasteiger partial charge on any atom is -0.481 e. The molecular weight excluding hydrogens is 334 g/mol. The lowest BCUT2D eigenvalue weighted by Crippen LogP contribution is -2.04. The summed E-state index contributed by atoms with van der Waals surface area (Å²) in [5.74, 6) is -2.93. The Bertz CT molecular complexity index is 612. The number of amides is 1. The van der Waals surface area contributed by atoms with Gasteiger partial charge in [-0.15, -0.1) is 0 Å². The first kappa shape index (κ1) is 27.2. The van der Waals surface area contributed by atoms with E-state index in [0.717, 1.165) is 6.08 Å². The van der Waals surface area contributed by atoms with E-state index in [1.807, 2.05) is 36.4 Å². The number of allylic oxidation sites excluding steroid dienone is 2. The Labute approximate surface area is 154 Å². The van der Waals surface area contributed by atoms with Gasteiger partial charge in [-0.1, -0.05) is 81.5 Å². The zero-order valence-electron chi connectivity index (χ0n) is 14.6. The van der Waals surface area contributed by atoms with Crippen LogP contribution in [0.1, 0.15) is 12.0 Å². The number of nitrogens with two attached hydrogens (primary N) is 1. The predicted molar refractivity (Wildman–Crippen MR) is 105 cm³/mol. The molecule has 1 aromatic rings. The standard InChI is InChI=1S/C8H8.C5H6O4.C4H6.C3H5NO/c1-2-8-6-4-3-5-7-8;1-3(5(8)9)2-4(6)7;1-3-4-2;1-2-3(4)5/h2-7H,1H2;1-2H2,(H,6,7)(H,8,9);3-4H,1-2H2;2H,1H2,(H2,4,5). The summed E-state index contributed by atoms with van der Waals surface area (Å²) in [6.07, 6.45) is 5.66. The van der Waals surface area contributed by atoms with Crippen molar-refractivity contribution in [1.29, 1.82) is 0 Å². The van der Waals surface area contributed by atoms with Crippen LogP contribution < -0.4 is 5.73 Å². The van der Waals surface area contributed by atoms with Crippen LogP contribution in [0.5, 0.6) is 0 Å². The molecule has 140 valence electrons. The van der Waals surface area contributed by atoms with Gasteiger partial charge >= 0.3 is 11.9 Å². The number of carboxylic acid groups (broad SMARTS) is 2. The van der Waals surface area contributed by atoms with Crippen molar-refractivity contribution in [2.24, 2.45) is 5.73 Å². The van der Waals surface area contributed by atoms with E-state index in [1.54, 1.807) is 12.2 Å². The molecule has 26 heavy (non-hydrogen) atoms. The van der Waals surface area contributed by atoms with Crippen LogP contribution in [0.2, 0.25) is 0 Å². The van der Waals surface area contributed by atoms with Crippen molar-refractivity contribution >= 4 is 23.9 Å². The SMILES string of the molecule is C=C(CC(=O)O)C(=O)O.C=CC(N)=O.C=CC=C.C=Cc1ccccc1. The van der Waals surface area contributed by atoms with Gasteiger partial charge in [0.2, 0.25) is 5.91 Å². The van der Waals surface area contributed by atoms with Crippen molar-refractivity contribution in [2.75, 3.05) is 0 Å². The lowest BCUT2D eigenvalue weighted by molar-refractivity contribution is -0.139. The zero-order chi connectivity index (χ0) is 21.0. The molecule has 0 aliphatic rings. The average molecular weight is 359 g/mol. The van der Waals surface area contributed by atoms with E-state index in [0.29, 0.717) is 0 Å². The molecule has 0 saturated heterocycles. The number of carbonyl (C=O) groups is 3. The van der Waals surface area contributed by atoms with Gasteiger partial charge in [0.15, 0.2) is 0 Å². The van der Waals surface area contributed by atoms with Gasteiger partial charge in [-0.2, -0.15) is 0 Å². The number of aliphatic carboxylic acids is 2. The van der Waals surface area contributed by atoms with Gasteiger partial charge in [0.05, 0.1) is 6.42 Å². The Balaban J connectivity index is -0.000000286. The number of carbonyl (C=O) groups excluding carboxylic acids is 1. The maximum Gasteiger partial charge on any atom is 0.331 e. The molecular formula is C20H25NO5. The Morgan fingerprint density at radius 3 is 1.54 bits per heavy atom. The molecule has 0 aliphatic carbocycles. The van der Waals surface area contributed by atoms with Crippen molar-refractivity contribution in [3.05, 3.63) is 92.6 Å². The second kappa shape index (κ2) is 19.4. The second-order valence-electron chi connectivity index (χ2n) is 4.17. The van der Waals surface area contributed by atoms with Crippen LogP contribution in [0.3, 0.4) is 0 Å². The minimum absolute atomic E-state index is 0.303. The Morgan fingerprint density at radius 1 is 0.962 bits per heavy atom. The molecule has 0 aromatic heterocycles. The normalized spacial score (nSPS) is 7.54. The highest BCUT2D eigenvalue weighted by molar-refractivity contribution is 5.91. The number of primary amides is 1. The summed E-state index contributed by atoms with van der Waals surface area (Å²) in [6.45, 7) is 16.5. The van der Waals surface area contributed by atoms with E-state index in [-0.39, 0.29) is 5.57 Å². The maximum absolute atomic E-state index is 9.87. The largest absolute Gasteiger partial charge is 0.481 e. The summed E-state index contributed by atoms with van der Waals surface area (Å²) < 4.78 is 0. The maximum atomic E-state index is 9.87. The monoisotopic (exact) mass is 359 g/mol. The summed E-state index contributed by atoms with van der Waals surface area (Å²) in [5.41, 5.74) is 5.41. The molecule has 0 heterocycles. The number of carboxylic acids is 2. The van der Waals surface area contributed by atoms with Crippen LogP contribution in [0.25, 0.3) is 6.08 Å². The molecule has 0 saturated carbocycles. The van der Waals surface area contributed by atoms with E-state index in [4.69, 9.17) is 10.2 Å². The summed E-state index contributed by atoms with van der Waals surface area (Å²) >= 11 is 0. The average Bonchev–Trinajstić information content (AvgIpc) is 2.63. The molecule has 0 radical (unpaired) electrons. The lowest BCUT2D eigenvalue weighted by Gasteiger charge is -1.91. The Kier molecular flexibility index (Phi) is 20.3. The number of hydrogen-bond acceptors (Lipinski definition) is 3. The van der Waals surface area contributed by atoms with Gasteiger partial charge in [0, 0.05) is 5.57 Å². The van der Waals surface area contributed by atoms with Crippen LogP contribution in [0, 0.1) is 0 Å². The van der Waals surface area contributed by atoms with Crippen molar-refractivity contribution < 1.29 is 24.6 Å². The lowest BCUT2D eigenvalue weighted by atomic mass is 10.2. The summed E-state index contributed by atoms with van der Waals surface area (Å²) in [4.78, 5) is 29.1. The van der Waals surface area contributed by atoms with Crippen LogP contribution >= 0.6 is 0 Å². The van der Waals surface area contributed by atoms with Crippen molar-refractivity contribution in [3.8, 4) is 0 Å². The van der Waals surface area contributed by atoms with Gasteiger partial charge in [-0.25, -0.2) is 4.79 Å². The molecule has 0 bridgehead atoms. The number of rotatable bonds is 6. The van der Waals surface area contributed by atoms with Crippen molar-refractivity contribution in [2.45, 2.75) is 6.42 Å². The second-order valence-corrected chi connectivity index (χ2v) is 4.17. The molecule has 6 nitrogen and oxygen atoms in total. The first-order valence-electron chi connectivity index (χ1n) is 7.11. The van der Waals surface area contributed by atoms with Gasteiger partial charge in [0.1, 0.15) is 0 Å². The third-order valence-electron chi connectivity index (χ3n) is 2.07. The highest BCUT2D eigenvalue weighted by Gasteiger charge is 2.07. The van der Waals surface area contributed by atoms with E-state index in [9.17, 15) is 14.4 Å². The minimum atomic E-state index is -1.27. The van der Waals surface area contributed by atoms with Crippen LogP contribution in [0.4, 0.5) is 0 Å². The van der Waals surface area contributed by atoms with Crippen LogP contribution in [0.15, 0.2) is 87.0 Å². The Hall–Kier alpha value is -3.67. The van der Waals surface area contributed by atoms with Gasteiger partial charge in [-0.3, -0.25) is 9.59 Å². The first-order valence-corrected chi connectivity index (χ1v) is 7.11. The summed E-state index contributed by atoms with van der Waals surface area (Å²) in [7, 11) is 0. The third-order valence-corrected chi connectivity index (χ3v) is 2.07. The van der Waals surface area contributed by atoms with Crippen molar-refractivity contribution in [3.63, 3.8) is 0 Å². The smallest absolute Gasteiger partial charge is 0.331 e. The van der Waals surface area contributed by atoms with Gasteiger partial charge < -0.3 is 15.9 Å². The highest BCUT2D eigenvalue weighted by Crippen LogP contribution is 1.97. The van der Waals surface area contributed by atoms with E-state index in [1.165, 1.54) is 5.56 Å². The topological polar surface area (TPSA) is 118 Å². The van der Waals surface area contributed by atoms with E-state index < -0.39 is 24.3 Å². The summed E-state index contributed by atoms with van der Waals surface area (Å²) in [5, 5.41) is 16.1. The van der Waals surface area contributed by atoms with Crippen LogP contribution in [-0.4, -0.2) is 28.1 Å². The fraction of sp³-hybridized carbons (Fsp3) is 0.0500. The fourth-order valence-corrected chi connectivity index (χ4v) is 0.847. The Morgan fingerprint density at radius 2 is 1.38 bits per heavy atom. The summed E-state index contributed by atoms with van der Waals surface area (Å²) in [6, 6.07) is 10.0. The molecule has 0 atom stereocenters. The molecule has 1 rings (SSSR count). The third kappa shape index (κ3) is 25.3. The highest BCUT2D eigenvalue weighted by atomic mass is 16.4.